The van der Waals surface area contributed by atoms with Crippen LogP contribution in [0.15, 0.2) is 0 Å². The van der Waals surface area contributed by atoms with Crippen molar-refractivity contribution in [1.29, 1.82) is 0 Å². The van der Waals surface area contributed by atoms with E-state index in [2.05, 4.69) is 55.4 Å². The minimum absolute atomic E-state index is 0.00694. The van der Waals surface area contributed by atoms with Gasteiger partial charge in [0.05, 0.1) is 0 Å². The van der Waals surface area contributed by atoms with Crippen molar-refractivity contribution in [2.24, 2.45) is 21.7 Å². The average Bonchev–Trinajstić information content (AvgIpc) is 2.30. The Balaban J connectivity index is -0.000000152. The average molecular weight is 449 g/mol. The van der Waals surface area contributed by atoms with Crippen molar-refractivity contribution in [2.45, 2.75) is 142 Å². The molecule has 0 fully saturated rings. The third-order valence-corrected chi connectivity index (χ3v) is 3.56. The van der Waals surface area contributed by atoms with Crippen molar-refractivity contribution >= 4 is 0 Å². The molecule has 0 amide bonds. The summed E-state index contributed by atoms with van der Waals surface area (Å²) < 4.78 is 57.7. The Morgan fingerprint density at radius 1 is 0.567 bits per heavy atom. The molecule has 0 bridgehead atoms. The molecule has 0 nitrogen and oxygen atoms in total. The summed E-state index contributed by atoms with van der Waals surface area (Å²) in [5, 5.41) is 0. The van der Waals surface area contributed by atoms with E-state index in [1.165, 1.54) is 19.3 Å². The largest absolute Gasteiger partial charge is 0.389 e. The Bertz CT molecular complexity index is 357. The lowest BCUT2D eigenvalue weighted by atomic mass is 9.91. The van der Waals surface area contributed by atoms with Gasteiger partial charge in [0.2, 0.25) is 6.43 Å². The van der Waals surface area contributed by atoms with E-state index >= 15 is 0 Å². The molecule has 0 aromatic carbocycles. The van der Waals surface area contributed by atoms with E-state index in [0.29, 0.717) is 10.8 Å². The SMILES string of the molecule is CC(C)(C)CC(F)(F)F.CC(C)(C)CC(F)F.CCC(C)(C)C.CCCC(C)(C)C. The van der Waals surface area contributed by atoms with Crippen LogP contribution in [0.1, 0.15) is 129 Å². The minimum Gasteiger partial charge on any atom is -0.211 e. The van der Waals surface area contributed by atoms with Crippen LogP contribution in [0.25, 0.3) is 0 Å². The molecule has 0 unspecified atom stereocenters. The summed E-state index contributed by atoms with van der Waals surface area (Å²) in [6.45, 7) is 28.1. The zero-order valence-corrected chi connectivity index (χ0v) is 22.5. The van der Waals surface area contributed by atoms with Gasteiger partial charge in [0.15, 0.2) is 0 Å². The molecule has 0 aromatic heterocycles. The van der Waals surface area contributed by atoms with E-state index in [1.54, 1.807) is 41.5 Å². The van der Waals surface area contributed by atoms with Crippen molar-refractivity contribution in [3.8, 4) is 0 Å². The van der Waals surface area contributed by atoms with E-state index < -0.39 is 24.4 Å². The lowest BCUT2D eigenvalue weighted by Crippen LogP contribution is -2.18. The summed E-state index contributed by atoms with van der Waals surface area (Å²) in [5.41, 5.74) is 0.223. The molecule has 30 heavy (non-hydrogen) atoms. The van der Waals surface area contributed by atoms with Crippen LogP contribution in [0.3, 0.4) is 0 Å². The van der Waals surface area contributed by atoms with E-state index in [9.17, 15) is 22.0 Å². The van der Waals surface area contributed by atoms with Gasteiger partial charge in [0.1, 0.15) is 0 Å². The zero-order chi connectivity index (χ0) is 25.6. The summed E-state index contributed by atoms with van der Waals surface area (Å²) in [6.07, 6.45) is -2.97. The monoisotopic (exact) mass is 448 g/mol. The van der Waals surface area contributed by atoms with Crippen LogP contribution < -0.4 is 0 Å². The summed E-state index contributed by atoms with van der Waals surface area (Å²) in [6, 6.07) is 0. The number of rotatable bonds is 2. The lowest BCUT2D eigenvalue weighted by Gasteiger charge is -2.19. The second kappa shape index (κ2) is 15.5. The third-order valence-electron chi connectivity index (χ3n) is 3.56. The molecule has 0 saturated heterocycles. The highest BCUT2D eigenvalue weighted by atomic mass is 19.4. The first-order valence-corrected chi connectivity index (χ1v) is 11.1. The molecule has 0 N–H and O–H groups in total. The molecular weight excluding hydrogens is 395 g/mol. The standard InChI is InChI=1S/C7H16.C6H11F3.C6H12F2.C6H14/c1-5-6-7(2,3)4;1-5(2,3)4-6(7,8)9;1-6(2,3)4-5(7)8;1-5-6(2,3)4/h5-6H2,1-4H3;4H2,1-3H3;5H,4H2,1-3H3;5H2,1-4H3. The van der Waals surface area contributed by atoms with Crippen molar-refractivity contribution in [2.75, 3.05) is 0 Å². The Hall–Kier alpha value is -0.350. The lowest BCUT2D eigenvalue weighted by molar-refractivity contribution is -0.152. The van der Waals surface area contributed by atoms with Gasteiger partial charge in [-0.3, -0.25) is 0 Å². The normalized spacial score (nSPS) is 12.8. The topological polar surface area (TPSA) is 0 Å². The molecule has 0 saturated carbocycles. The quantitative estimate of drug-likeness (QED) is 0.368. The van der Waals surface area contributed by atoms with Crippen molar-refractivity contribution < 1.29 is 22.0 Å². The van der Waals surface area contributed by atoms with Crippen LogP contribution in [0.2, 0.25) is 0 Å². The van der Waals surface area contributed by atoms with Crippen LogP contribution >= 0.6 is 0 Å². The van der Waals surface area contributed by atoms with Crippen molar-refractivity contribution in [1.82, 2.24) is 0 Å². The molecule has 0 heterocycles. The number of halogens is 5. The third kappa shape index (κ3) is 63.0. The second-order valence-corrected chi connectivity index (χ2v) is 12.7. The summed E-state index contributed by atoms with van der Waals surface area (Å²) in [4.78, 5) is 0. The molecule has 0 aliphatic rings. The fraction of sp³-hybridized carbons (Fsp3) is 1.00. The predicted octanol–water partition coefficient (Wildman–Crippen LogP) is 10.9. The number of hydrogen-bond acceptors (Lipinski definition) is 0. The molecule has 0 rings (SSSR count). The molecule has 0 aromatic rings. The van der Waals surface area contributed by atoms with E-state index in [4.69, 9.17) is 0 Å². The first kappa shape index (κ1) is 37.0. The Morgan fingerprint density at radius 3 is 0.900 bits per heavy atom. The van der Waals surface area contributed by atoms with E-state index in [-0.39, 0.29) is 11.8 Å². The Kier molecular flexibility index (Phi) is 19.1. The molecule has 0 spiro atoms. The maximum absolute atomic E-state index is 11.6. The summed E-state index contributed by atoms with van der Waals surface area (Å²) in [5.74, 6) is 0. The maximum atomic E-state index is 11.6. The Labute approximate surface area is 185 Å². The highest BCUT2D eigenvalue weighted by Gasteiger charge is 2.33. The fourth-order valence-corrected chi connectivity index (χ4v) is 1.81. The van der Waals surface area contributed by atoms with Gasteiger partial charge in [-0.1, -0.05) is 110 Å². The van der Waals surface area contributed by atoms with Gasteiger partial charge < -0.3 is 0 Å². The highest BCUT2D eigenvalue weighted by Crippen LogP contribution is 2.31. The predicted molar refractivity (Wildman–Crippen MR) is 124 cm³/mol. The van der Waals surface area contributed by atoms with Crippen molar-refractivity contribution in [3.05, 3.63) is 0 Å². The van der Waals surface area contributed by atoms with Gasteiger partial charge in [-0.15, -0.1) is 0 Å². The van der Waals surface area contributed by atoms with Crippen LogP contribution in [-0.2, 0) is 0 Å². The molecule has 188 valence electrons. The summed E-state index contributed by atoms with van der Waals surface area (Å²) >= 11 is 0. The zero-order valence-electron chi connectivity index (χ0n) is 22.5. The molecule has 0 aliphatic heterocycles. The van der Waals surface area contributed by atoms with Gasteiger partial charge in [-0.05, 0) is 28.1 Å². The number of hydrogen-bond donors (Lipinski definition) is 0. The minimum atomic E-state index is -4.02. The summed E-state index contributed by atoms with van der Waals surface area (Å²) in [7, 11) is 0. The van der Waals surface area contributed by atoms with Crippen LogP contribution in [-0.4, -0.2) is 12.6 Å². The second-order valence-electron chi connectivity index (χ2n) is 12.7. The Morgan fingerprint density at radius 2 is 0.900 bits per heavy atom. The van der Waals surface area contributed by atoms with Gasteiger partial charge in [-0.25, -0.2) is 8.78 Å². The van der Waals surface area contributed by atoms with Crippen LogP contribution in [0, 0.1) is 21.7 Å². The fourth-order valence-electron chi connectivity index (χ4n) is 1.81. The molecule has 0 atom stereocenters. The number of alkyl halides is 5. The van der Waals surface area contributed by atoms with Crippen molar-refractivity contribution in [3.63, 3.8) is 0 Å². The van der Waals surface area contributed by atoms with Gasteiger partial charge in [-0.2, -0.15) is 13.2 Å². The molecule has 0 radical (unpaired) electrons. The molecule has 0 aliphatic carbocycles. The first-order valence-electron chi connectivity index (χ1n) is 11.1. The smallest absolute Gasteiger partial charge is 0.211 e. The van der Waals surface area contributed by atoms with Gasteiger partial charge in [0.25, 0.3) is 0 Å². The van der Waals surface area contributed by atoms with E-state index in [1.807, 2.05) is 0 Å². The highest BCUT2D eigenvalue weighted by molar-refractivity contribution is 4.66. The molecule has 5 heteroatoms. The van der Waals surface area contributed by atoms with E-state index in [0.717, 1.165) is 0 Å². The molecular formula is C25H53F5. The maximum Gasteiger partial charge on any atom is 0.389 e. The van der Waals surface area contributed by atoms with Crippen LogP contribution in [0.4, 0.5) is 22.0 Å². The van der Waals surface area contributed by atoms with Gasteiger partial charge in [0, 0.05) is 12.8 Å². The van der Waals surface area contributed by atoms with Gasteiger partial charge >= 0.3 is 6.18 Å². The first-order chi connectivity index (χ1) is 12.7. The van der Waals surface area contributed by atoms with Crippen LogP contribution in [0.5, 0.6) is 0 Å².